The highest BCUT2D eigenvalue weighted by molar-refractivity contribution is 7.99. The van der Waals surface area contributed by atoms with Gasteiger partial charge in [0, 0.05) is 27.8 Å². The van der Waals surface area contributed by atoms with Gasteiger partial charge in [0.05, 0.1) is 6.04 Å². The summed E-state index contributed by atoms with van der Waals surface area (Å²) >= 11 is 14.6. The Morgan fingerprint density at radius 1 is 1.14 bits per heavy atom. The molecule has 7 atom stereocenters. The van der Waals surface area contributed by atoms with E-state index in [4.69, 9.17) is 28.9 Å². The van der Waals surface area contributed by atoms with E-state index >= 15 is 0 Å². The number of fused-ring (bicyclic) bond motifs is 1. The van der Waals surface area contributed by atoms with Crippen LogP contribution >= 0.6 is 35.0 Å². The monoisotopic (exact) mass is 350 g/mol. The van der Waals surface area contributed by atoms with Gasteiger partial charge in [0.2, 0.25) is 0 Å². The van der Waals surface area contributed by atoms with Crippen molar-refractivity contribution < 1.29 is 5.11 Å². The minimum Gasteiger partial charge on any atom is -0.385 e. The van der Waals surface area contributed by atoms with Crippen LogP contribution in [-0.2, 0) is 0 Å². The maximum Gasteiger partial charge on any atom is 0.130 e. The van der Waals surface area contributed by atoms with Gasteiger partial charge in [0.25, 0.3) is 0 Å². The normalized spacial score (nSPS) is 50.6. The molecular formula is C15H24Cl2N2OS. The zero-order valence-electron chi connectivity index (χ0n) is 12.3. The van der Waals surface area contributed by atoms with Gasteiger partial charge in [-0.2, -0.15) is 11.8 Å². The molecule has 0 bridgehead atoms. The SMILES string of the molecule is CSC1CCC(Cl)CC1C1(O)C(N)=NC2CCC(Cl)CC21. The Balaban J connectivity index is 1.91. The van der Waals surface area contributed by atoms with E-state index in [1.807, 2.05) is 11.8 Å². The van der Waals surface area contributed by atoms with Crippen LogP contribution in [0.2, 0.25) is 0 Å². The molecule has 0 saturated heterocycles. The molecule has 3 aliphatic rings. The third kappa shape index (κ3) is 2.71. The fraction of sp³-hybridized carbons (Fsp3) is 0.933. The summed E-state index contributed by atoms with van der Waals surface area (Å²) in [4.78, 5) is 4.60. The van der Waals surface area contributed by atoms with Crippen LogP contribution in [-0.4, -0.2) is 44.8 Å². The molecule has 7 unspecified atom stereocenters. The Morgan fingerprint density at radius 3 is 2.43 bits per heavy atom. The second-order valence-corrected chi connectivity index (χ2v) is 9.03. The van der Waals surface area contributed by atoms with E-state index in [2.05, 4.69) is 11.2 Å². The van der Waals surface area contributed by atoms with Crippen LogP contribution in [0.4, 0.5) is 0 Å². The van der Waals surface area contributed by atoms with Crippen molar-refractivity contribution in [1.82, 2.24) is 0 Å². The second-order valence-electron chi connectivity index (χ2n) is 6.71. The fourth-order valence-electron chi connectivity index (χ4n) is 4.50. The van der Waals surface area contributed by atoms with E-state index in [0.29, 0.717) is 11.1 Å². The predicted molar refractivity (Wildman–Crippen MR) is 91.6 cm³/mol. The molecule has 2 aliphatic carbocycles. The number of halogens is 2. The number of alkyl halides is 2. The van der Waals surface area contributed by atoms with Gasteiger partial charge < -0.3 is 10.8 Å². The van der Waals surface area contributed by atoms with Crippen LogP contribution in [0.15, 0.2) is 4.99 Å². The molecule has 3 N–H and O–H groups in total. The molecule has 120 valence electrons. The molecule has 0 radical (unpaired) electrons. The van der Waals surface area contributed by atoms with Gasteiger partial charge in [-0.1, -0.05) is 0 Å². The lowest BCUT2D eigenvalue weighted by Crippen LogP contribution is -2.58. The third-order valence-corrected chi connectivity index (χ3v) is 7.58. The molecule has 0 amide bonds. The quantitative estimate of drug-likeness (QED) is 0.752. The first-order valence-corrected chi connectivity index (χ1v) is 10.00. The average Bonchev–Trinajstić information content (AvgIpc) is 2.72. The summed E-state index contributed by atoms with van der Waals surface area (Å²) in [7, 11) is 0. The first-order valence-electron chi connectivity index (χ1n) is 7.83. The summed E-state index contributed by atoms with van der Waals surface area (Å²) in [6.45, 7) is 0. The maximum absolute atomic E-state index is 11.5. The van der Waals surface area contributed by atoms with Crippen molar-refractivity contribution in [3.63, 3.8) is 0 Å². The van der Waals surface area contributed by atoms with Crippen LogP contribution < -0.4 is 5.73 Å². The standard InChI is InChI=1S/C15H24Cl2N2OS/c1-21-13-5-3-9(17)7-11(13)15(20)10-6-8(16)2-4-12(10)19-14(15)18/h8-13,20H,2-7H2,1H3,(H2,18,19). The topological polar surface area (TPSA) is 58.6 Å². The van der Waals surface area contributed by atoms with Gasteiger partial charge in [0.1, 0.15) is 11.4 Å². The minimum atomic E-state index is -1.01. The van der Waals surface area contributed by atoms with Crippen LogP contribution in [0.3, 0.4) is 0 Å². The minimum absolute atomic E-state index is 0.0652. The summed E-state index contributed by atoms with van der Waals surface area (Å²) in [6, 6.07) is 0.142. The number of aliphatic imine (C=N–C) groups is 1. The van der Waals surface area contributed by atoms with Crippen LogP contribution in [0.25, 0.3) is 0 Å². The van der Waals surface area contributed by atoms with Gasteiger partial charge in [-0.3, -0.25) is 4.99 Å². The largest absolute Gasteiger partial charge is 0.385 e. The molecule has 2 fully saturated rings. The lowest BCUT2D eigenvalue weighted by molar-refractivity contribution is -0.0258. The Morgan fingerprint density at radius 2 is 1.76 bits per heavy atom. The predicted octanol–water partition coefficient (Wildman–Crippen LogP) is 3.00. The number of nitrogens with two attached hydrogens (primary N) is 1. The van der Waals surface area contributed by atoms with Crippen molar-refractivity contribution >= 4 is 40.8 Å². The Hall–Kier alpha value is 0.360. The molecule has 0 spiro atoms. The van der Waals surface area contributed by atoms with E-state index < -0.39 is 5.60 Å². The highest BCUT2D eigenvalue weighted by Crippen LogP contribution is 2.50. The summed E-state index contributed by atoms with van der Waals surface area (Å²) in [5, 5.41) is 12.2. The number of amidine groups is 1. The van der Waals surface area contributed by atoms with E-state index in [1.165, 1.54) is 0 Å². The first kappa shape index (κ1) is 16.2. The Labute approximate surface area is 141 Å². The van der Waals surface area contributed by atoms with Gasteiger partial charge in [-0.05, 0) is 44.8 Å². The van der Waals surface area contributed by atoms with Crippen molar-refractivity contribution in [3.8, 4) is 0 Å². The zero-order valence-corrected chi connectivity index (χ0v) is 14.7. The molecule has 0 aromatic carbocycles. The van der Waals surface area contributed by atoms with E-state index in [-0.39, 0.29) is 28.6 Å². The molecule has 3 rings (SSSR count). The molecule has 21 heavy (non-hydrogen) atoms. The molecule has 1 aliphatic heterocycles. The van der Waals surface area contributed by atoms with Gasteiger partial charge >= 0.3 is 0 Å². The number of rotatable bonds is 2. The van der Waals surface area contributed by atoms with Crippen molar-refractivity contribution in [2.45, 2.75) is 66.2 Å². The lowest BCUT2D eigenvalue weighted by atomic mass is 9.66. The third-order valence-electron chi connectivity index (χ3n) is 5.62. The van der Waals surface area contributed by atoms with E-state index in [1.54, 1.807) is 0 Å². The molecule has 3 nitrogen and oxygen atoms in total. The Bertz CT molecular complexity index is 436. The van der Waals surface area contributed by atoms with Crippen LogP contribution in [0.1, 0.15) is 38.5 Å². The van der Waals surface area contributed by atoms with Gasteiger partial charge in [0.15, 0.2) is 0 Å². The number of aliphatic hydroxyl groups is 1. The van der Waals surface area contributed by atoms with Crippen LogP contribution in [0.5, 0.6) is 0 Å². The highest BCUT2D eigenvalue weighted by Gasteiger charge is 2.58. The molecule has 0 aromatic rings. The summed E-state index contributed by atoms with van der Waals surface area (Å²) < 4.78 is 0. The molecule has 0 aromatic heterocycles. The van der Waals surface area contributed by atoms with E-state index in [9.17, 15) is 5.11 Å². The van der Waals surface area contributed by atoms with Crippen molar-refractivity contribution in [1.29, 1.82) is 0 Å². The first-order chi connectivity index (χ1) is 9.96. The van der Waals surface area contributed by atoms with Gasteiger partial charge in [-0.25, -0.2) is 0 Å². The summed E-state index contributed by atoms with van der Waals surface area (Å²) in [6.07, 6.45) is 7.68. The average molecular weight is 351 g/mol. The van der Waals surface area contributed by atoms with E-state index in [0.717, 1.165) is 38.5 Å². The maximum atomic E-state index is 11.5. The van der Waals surface area contributed by atoms with Crippen molar-refractivity contribution in [2.24, 2.45) is 22.6 Å². The molecular weight excluding hydrogens is 327 g/mol. The summed E-state index contributed by atoms with van der Waals surface area (Å²) in [5.74, 6) is 0.581. The smallest absolute Gasteiger partial charge is 0.130 e. The number of hydrogen-bond acceptors (Lipinski definition) is 4. The Kier molecular flexibility index (Phi) is 4.72. The zero-order chi connectivity index (χ0) is 15.2. The molecule has 6 heteroatoms. The van der Waals surface area contributed by atoms with Crippen LogP contribution in [0, 0.1) is 11.8 Å². The molecule has 1 heterocycles. The number of hydrogen-bond donors (Lipinski definition) is 2. The van der Waals surface area contributed by atoms with Gasteiger partial charge in [-0.15, -0.1) is 23.2 Å². The fourth-order valence-corrected chi connectivity index (χ4v) is 6.16. The van der Waals surface area contributed by atoms with Crippen molar-refractivity contribution in [3.05, 3.63) is 0 Å². The summed E-state index contributed by atoms with van der Waals surface area (Å²) in [5.41, 5.74) is 5.20. The second kappa shape index (κ2) is 6.10. The van der Waals surface area contributed by atoms with Crippen molar-refractivity contribution in [2.75, 3.05) is 6.26 Å². The number of nitrogens with zero attached hydrogens (tertiary/aromatic N) is 1. The lowest BCUT2D eigenvalue weighted by Gasteiger charge is -2.46. The highest BCUT2D eigenvalue weighted by atomic mass is 35.5. The number of thioether (sulfide) groups is 1. The molecule has 2 saturated carbocycles.